The van der Waals surface area contributed by atoms with E-state index in [1.807, 2.05) is 42.5 Å². The molecule has 0 heterocycles. The fraction of sp³-hybridized carbons (Fsp3) is 0.250. The molecule has 0 aromatic heterocycles. The Bertz CT molecular complexity index is 5990. The van der Waals surface area contributed by atoms with Crippen molar-refractivity contribution in [3.63, 3.8) is 0 Å². The van der Waals surface area contributed by atoms with Crippen LogP contribution in [0.3, 0.4) is 0 Å². The summed E-state index contributed by atoms with van der Waals surface area (Å²) in [6.07, 6.45) is 8.11. The average Bonchev–Trinajstić information content (AvgIpc) is 0.738. The predicted octanol–water partition coefficient (Wildman–Crippen LogP) is 30.4. The molecule has 0 N–H and O–H groups in total. The Hall–Kier alpha value is -10.2. The first-order valence-corrected chi connectivity index (χ1v) is 44.2. The summed E-state index contributed by atoms with van der Waals surface area (Å²) in [4.78, 5) is -0.162. The van der Waals surface area contributed by atoms with Crippen molar-refractivity contribution >= 4 is 96.3 Å². The quantitative estimate of drug-likeness (QED) is 0.0372. The van der Waals surface area contributed by atoms with Gasteiger partial charge in [0.1, 0.15) is 21.6 Å². The Morgan fingerprint density at radius 2 is 0.610 bits per heavy atom. The van der Waals surface area contributed by atoms with E-state index >= 15 is 0 Å². The molecule has 7 atom stereocenters. The summed E-state index contributed by atoms with van der Waals surface area (Å²) in [6, 6.07) is 119. The van der Waals surface area contributed by atoms with Gasteiger partial charge in [0.15, 0.2) is 0 Å². The molecule has 0 spiro atoms. The van der Waals surface area contributed by atoms with Crippen molar-refractivity contribution in [3.8, 4) is 22.6 Å². The van der Waals surface area contributed by atoms with Gasteiger partial charge in [-0.05, 0) is 265 Å². The monoisotopic (exact) mass is 1580 g/mol. The first-order valence-electron chi connectivity index (χ1n) is 42.8. The van der Waals surface area contributed by atoms with Gasteiger partial charge in [-0.15, -0.1) is 0 Å². The van der Waals surface area contributed by atoms with E-state index in [9.17, 15) is 13.0 Å². The molecule has 17 aromatic rings. The molecule has 17 aromatic carbocycles. The minimum Gasteiger partial charge on any atom is -0.744 e. The van der Waals surface area contributed by atoms with Gasteiger partial charge in [0.2, 0.25) is 0 Å². The molecule has 598 valence electrons. The topological polar surface area (TPSA) is 66.4 Å². The van der Waals surface area contributed by atoms with Crippen LogP contribution in [-0.2, 0) is 10.1 Å². The maximum atomic E-state index is 10.6. The molecule has 17 rings (SSSR count). The van der Waals surface area contributed by atoms with Crippen LogP contribution < -0.4 is 34.3 Å². The molecule has 0 aliphatic rings. The van der Waals surface area contributed by atoms with Gasteiger partial charge in [0, 0.05) is 0 Å². The van der Waals surface area contributed by atoms with Gasteiger partial charge in [-0.25, -0.2) is 8.42 Å². The van der Waals surface area contributed by atoms with Crippen molar-refractivity contribution in [1.82, 2.24) is 0 Å². The molecule has 7 unspecified atom stereocenters. The first kappa shape index (κ1) is 90.1. The number of rotatable bonds is 18. The summed E-state index contributed by atoms with van der Waals surface area (Å²) >= 11 is 0. The van der Waals surface area contributed by atoms with Crippen LogP contribution in [0.25, 0.3) is 97.3 Å². The van der Waals surface area contributed by atoms with Crippen molar-refractivity contribution in [1.29, 1.82) is 0 Å². The van der Waals surface area contributed by atoms with E-state index in [0.29, 0.717) is 41.4 Å². The Morgan fingerprint density at radius 3 is 1.13 bits per heavy atom. The van der Waals surface area contributed by atoms with Crippen LogP contribution in [0.15, 0.2) is 345 Å². The molecule has 0 amide bonds. The largest absolute Gasteiger partial charge is 1.00 e. The van der Waals surface area contributed by atoms with Gasteiger partial charge in [-0.3, -0.25) is 0 Å². The molecule has 0 radical (unpaired) electrons. The second-order valence-electron chi connectivity index (χ2n) is 31.7. The molecule has 0 aliphatic heterocycles. The van der Waals surface area contributed by atoms with Gasteiger partial charge in [0.25, 0.3) is 0 Å². The van der Waals surface area contributed by atoms with Crippen molar-refractivity contribution in [2.24, 2.45) is 0 Å². The fourth-order valence-corrected chi connectivity index (χ4v) is 15.9. The molecule has 118 heavy (non-hydrogen) atoms. The SMILES string of the molecule is CCC(C)c1c2ccccc2cc2ccccc12.CCC(C)c1cc2ccccc2c2ccccc12.CCC(C)c1ccc(-c2ccccc2)cc1.CCC(C)c1ccc(Oc2ccccc2)cc1.CCC(C)c1ccc(S(=O)(=O)[O-])cc1.CCC(C)c1ccc2ccc3cccc4ccc1c2c34.CCC(C)c1ccc2ccccc2c1.[Na+]. The predicted molar refractivity (Wildman–Crippen MR) is 507 cm³/mol. The molecule has 4 nitrogen and oxygen atoms in total. The van der Waals surface area contributed by atoms with Crippen LogP contribution in [0.5, 0.6) is 11.5 Å². The minimum atomic E-state index is -4.30. The van der Waals surface area contributed by atoms with E-state index < -0.39 is 10.1 Å². The van der Waals surface area contributed by atoms with Crippen LogP contribution in [-0.4, -0.2) is 13.0 Å². The summed E-state index contributed by atoms with van der Waals surface area (Å²) in [7, 11) is -4.30. The van der Waals surface area contributed by atoms with Crippen LogP contribution >= 0.6 is 0 Å². The van der Waals surface area contributed by atoms with Crippen LogP contribution in [0.4, 0.5) is 0 Å². The van der Waals surface area contributed by atoms with Crippen LogP contribution in [0.1, 0.15) is 222 Å². The van der Waals surface area contributed by atoms with Crippen molar-refractivity contribution < 1.29 is 47.3 Å². The standard InChI is InChI=1S/C20H18.2C18H18.C16H18O.C16H18.C14H16.C10H14O3S.Na/c1-3-13(2)17-11-9-16-8-7-14-5-4-6-15-10-12-18(17)20(16)19(14)15;1-3-13(2)18-16-10-6-4-8-14(16)12-15-9-5-7-11-17(15)18;1-3-13(2)18-12-14-8-4-5-9-15(14)16-10-6-7-11-17(16)18;1-3-13(2)14-9-11-16(12-10-14)17-15-7-5-4-6-8-15;1-3-13(2)14-9-11-16(12-10-14)15-7-5-4-6-8-15;1-3-11(2)13-9-8-12-6-4-5-7-14(12)10-13;1-3-8(2)9-4-6-10(7-5-9)14(11,12)13;/h4-13H,3H2,1-2H3;2*4-13H,3H2,1-2H3;4-13H,3H2,1-2H3;4-13H,3H2,1-2H3;4-11H,3H2,1-2H3;4-8H,3H2,1-2H3,(H,11,12,13);/q;;;;;;;+1/p-1. The van der Waals surface area contributed by atoms with Crippen molar-refractivity contribution in [3.05, 3.63) is 379 Å². The number of fused-ring (bicyclic) bond motifs is 6. The summed E-state index contributed by atoms with van der Waals surface area (Å²) in [6.45, 7) is 31.3. The van der Waals surface area contributed by atoms with Gasteiger partial charge < -0.3 is 9.29 Å². The summed E-state index contributed by atoms with van der Waals surface area (Å²) in [5, 5.41) is 22.1. The van der Waals surface area contributed by atoms with Crippen molar-refractivity contribution in [2.75, 3.05) is 0 Å². The van der Waals surface area contributed by atoms with Crippen LogP contribution in [0.2, 0.25) is 0 Å². The Labute approximate surface area is 727 Å². The zero-order chi connectivity index (χ0) is 83.0. The Morgan fingerprint density at radius 1 is 0.254 bits per heavy atom. The molecular formula is C112H119NaO4S. The third kappa shape index (κ3) is 23.0. The van der Waals surface area contributed by atoms with Gasteiger partial charge in [-0.1, -0.05) is 394 Å². The van der Waals surface area contributed by atoms with Gasteiger partial charge >= 0.3 is 29.6 Å². The van der Waals surface area contributed by atoms with E-state index in [1.54, 1.807) is 12.1 Å². The van der Waals surface area contributed by atoms with E-state index in [4.69, 9.17) is 4.74 Å². The number of para-hydroxylation sites is 1. The van der Waals surface area contributed by atoms with E-state index in [2.05, 4.69) is 370 Å². The normalized spacial score (nSPS) is 12.9. The summed E-state index contributed by atoms with van der Waals surface area (Å²) < 4.78 is 37.6. The maximum Gasteiger partial charge on any atom is 1.00 e. The van der Waals surface area contributed by atoms with Crippen molar-refractivity contribution in [2.45, 2.75) is 188 Å². The first-order chi connectivity index (χ1) is 56.8. The Kier molecular flexibility index (Phi) is 33.6. The fourth-order valence-electron chi connectivity index (χ4n) is 15.4. The molecular weight excluding hydrogens is 1460 g/mol. The van der Waals surface area contributed by atoms with E-state index in [-0.39, 0.29) is 34.5 Å². The van der Waals surface area contributed by atoms with E-state index in [0.717, 1.165) is 23.5 Å². The third-order valence-corrected chi connectivity index (χ3v) is 25.0. The summed E-state index contributed by atoms with van der Waals surface area (Å²) in [5.74, 6) is 5.91. The second-order valence-corrected chi connectivity index (χ2v) is 33.1. The Balaban J connectivity index is 0.000000145. The van der Waals surface area contributed by atoms with Gasteiger partial charge in [0.05, 0.1) is 4.90 Å². The molecule has 0 fully saturated rings. The number of benzene rings is 17. The van der Waals surface area contributed by atoms with E-state index in [1.165, 1.54) is 181 Å². The average molecular weight is 1580 g/mol. The molecule has 6 heteroatoms. The molecule has 0 saturated carbocycles. The molecule has 0 bridgehead atoms. The number of hydrogen-bond donors (Lipinski definition) is 0. The number of ether oxygens (including phenoxy) is 1. The summed E-state index contributed by atoms with van der Waals surface area (Å²) in [5.41, 5.74) is 12.4. The smallest absolute Gasteiger partial charge is 0.744 e. The number of hydrogen-bond acceptors (Lipinski definition) is 4. The maximum absolute atomic E-state index is 10.6. The minimum absolute atomic E-state index is 0. The van der Waals surface area contributed by atoms with Gasteiger partial charge in [-0.2, -0.15) is 0 Å². The third-order valence-electron chi connectivity index (χ3n) is 24.1. The molecule has 0 saturated heterocycles. The zero-order valence-electron chi connectivity index (χ0n) is 72.4. The molecule has 0 aliphatic carbocycles. The second kappa shape index (κ2) is 44.0. The van der Waals surface area contributed by atoms with Crippen LogP contribution in [0, 0.1) is 0 Å². The zero-order valence-corrected chi connectivity index (χ0v) is 75.2.